The number of piperidine rings is 2. The summed E-state index contributed by atoms with van der Waals surface area (Å²) in [5, 5.41) is 4.33. The van der Waals surface area contributed by atoms with Crippen LogP contribution in [0.25, 0.3) is 0 Å². The van der Waals surface area contributed by atoms with E-state index in [9.17, 15) is 8.42 Å². The number of hydrazone groups is 1. The van der Waals surface area contributed by atoms with Gasteiger partial charge in [-0.3, -0.25) is 4.90 Å². The number of rotatable bonds is 5. The van der Waals surface area contributed by atoms with Crippen LogP contribution in [0.3, 0.4) is 0 Å². The zero-order chi connectivity index (χ0) is 19.6. The van der Waals surface area contributed by atoms with Crippen molar-refractivity contribution in [2.45, 2.75) is 62.6 Å². The third-order valence-corrected chi connectivity index (χ3v) is 7.04. The van der Waals surface area contributed by atoms with Crippen LogP contribution in [0.2, 0.25) is 0 Å². The van der Waals surface area contributed by atoms with Crippen LogP contribution in [-0.2, 0) is 16.6 Å². The van der Waals surface area contributed by atoms with E-state index in [4.69, 9.17) is 0 Å². The van der Waals surface area contributed by atoms with Crippen molar-refractivity contribution in [2.24, 2.45) is 5.10 Å². The first-order valence-electron chi connectivity index (χ1n) is 9.95. The number of sulfonamides is 1. The highest BCUT2D eigenvalue weighted by atomic mass is 32.2. The van der Waals surface area contributed by atoms with Gasteiger partial charge in [-0.05, 0) is 37.5 Å². The van der Waals surface area contributed by atoms with E-state index in [1.54, 1.807) is 24.3 Å². The van der Waals surface area contributed by atoms with Crippen molar-refractivity contribution in [1.29, 1.82) is 0 Å². The molecule has 148 valence electrons. The summed E-state index contributed by atoms with van der Waals surface area (Å²) >= 11 is 0. The molecule has 4 rings (SSSR count). The Morgan fingerprint density at radius 1 is 1.00 bits per heavy atom. The SMILES string of the molecule is Cc1ccc(S(=O)(=O)NN=C2C[C@H]3CCC[C@@H](C2)N3Cc2ccccc2)cc1. The minimum Gasteiger partial charge on any atom is -0.292 e. The number of aryl methyl sites for hydroxylation is 1. The molecule has 28 heavy (non-hydrogen) atoms. The molecule has 2 heterocycles. The first-order valence-corrected chi connectivity index (χ1v) is 11.4. The lowest BCUT2D eigenvalue weighted by Crippen LogP contribution is -2.52. The molecule has 6 heteroatoms. The average Bonchev–Trinajstić information content (AvgIpc) is 2.68. The van der Waals surface area contributed by atoms with Gasteiger partial charge in [-0.15, -0.1) is 0 Å². The second-order valence-corrected chi connectivity index (χ2v) is 9.55. The first-order chi connectivity index (χ1) is 13.5. The number of nitrogens with zero attached hydrogens (tertiary/aromatic N) is 2. The molecule has 0 saturated carbocycles. The molecule has 2 bridgehead atoms. The number of benzene rings is 2. The summed E-state index contributed by atoms with van der Waals surface area (Å²) in [6.07, 6.45) is 5.20. The van der Waals surface area contributed by atoms with Crippen molar-refractivity contribution >= 4 is 15.7 Å². The zero-order valence-electron chi connectivity index (χ0n) is 16.2. The smallest absolute Gasteiger partial charge is 0.276 e. The van der Waals surface area contributed by atoms with Crippen LogP contribution in [-0.4, -0.2) is 31.1 Å². The normalized spacial score (nSPS) is 24.2. The number of fused-ring (bicyclic) bond motifs is 2. The Morgan fingerprint density at radius 2 is 1.64 bits per heavy atom. The highest BCUT2D eigenvalue weighted by Gasteiger charge is 2.36. The lowest BCUT2D eigenvalue weighted by atomic mass is 9.83. The Balaban J connectivity index is 1.45. The van der Waals surface area contributed by atoms with Crippen LogP contribution in [0.5, 0.6) is 0 Å². The van der Waals surface area contributed by atoms with Crippen LogP contribution >= 0.6 is 0 Å². The molecule has 0 aliphatic carbocycles. The van der Waals surface area contributed by atoms with Crippen LogP contribution in [0.15, 0.2) is 64.6 Å². The first kappa shape index (κ1) is 19.2. The van der Waals surface area contributed by atoms with Gasteiger partial charge in [0.2, 0.25) is 0 Å². The second kappa shape index (κ2) is 8.05. The molecule has 2 saturated heterocycles. The predicted molar refractivity (Wildman–Crippen MR) is 112 cm³/mol. The maximum Gasteiger partial charge on any atom is 0.276 e. The molecule has 1 N–H and O–H groups in total. The summed E-state index contributed by atoms with van der Waals surface area (Å²) in [4.78, 5) is 5.30. The van der Waals surface area contributed by atoms with Crippen molar-refractivity contribution < 1.29 is 8.42 Å². The predicted octanol–water partition coefficient (Wildman–Crippen LogP) is 3.85. The largest absolute Gasteiger partial charge is 0.292 e. The van der Waals surface area contributed by atoms with Crippen molar-refractivity contribution in [3.8, 4) is 0 Å². The molecular formula is C22H27N3O2S. The molecule has 5 nitrogen and oxygen atoms in total. The van der Waals surface area contributed by atoms with Gasteiger partial charge < -0.3 is 0 Å². The minimum absolute atomic E-state index is 0.254. The lowest BCUT2D eigenvalue weighted by molar-refractivity contribution is 0.0683. The molecule has 2 aliphatic heterocycles. The van der Waals surface area contributed by atoms with Crippen LogP contribution in [0.1, 0.15) is 43.2 Å². The summed E-state index contributed by atoms with van der Waals surface area (Å²) in [5.41, 5.74) is 3.33. The Labute approximate surface area is 167 Å². The van der Waals surface area contributed by atoms with Gasteiger partial charge in [-0.1, -0.05) is 54.4 Å². The average molecular weight is 398 g/mol. The van der Waals surface area contributed by atoms with Gasteiger partial charge in [0.05, 0.1) is 4.90 Å². The van der Waals surface area contributed by atoms with E-state index in [2.05, 4.69) is 39.1 Å². The van der Waals surface area contributed by atoms with E-state index >= 15 is 0 Å². The number of nitrogens with one attached hydrogen (secondary N) is 1. The third kappa shape index (κ3) is 4.28. The number of hydrogen-bond donors (Lipinski definition) is 1. The fraction of sp³-hybridized carbons (Fsp3) is 0.409. The van der Waals surface area contributed by atoms with E-state index in [-0.39, 0.29) is 4.90 Å². The van der Waals surface area contributed by atoms with Gasteiger partial charge in [-0.25, -0.2) is 4.83 Å². The van der Waals surface area contributed by atoms with Crippen LogP contribution < -0.4 is 4.83 Å². The molecular weight excluding hydrogens is 370 g/mol. The quantitative estimate of drug-likeness (QED) is 0.780. The van der Waals surface area contributed by atoms with E-state index in [1.807, 2.05) is 13.0 Å². The lowest BCUT2D eigenvalue weighted by Gasteiger charge is -2.46. The van der Waals surface area contributed by atoms with Crippen LogP contribution in [0.4, 0.5) is 0 Å². The van der Waals surface area contributed by atoms with Gasteiger partial charge in [-0.2, -0.15) is 13.5 Å². The highest BCUT2D eigenvalue weighted by molar-refractivity contribution is 7.89. The fourth-order valence-corrected chi connectivity index (χ4v) is 5.17. The molecule has 0 aromatic heterocycles. The van der Waals surface area contributed by atoms with Crippen LogP contribution in [0, 0.1) is 6.92 Å². The van der Waals surface area contributed by atoms with E-state index in [1.165, 1.54) is 12.0 Å². The topological polar surface area (TPSA) is 61.8 Å². The Morgan fingerprint density at radius 3 is 2.29 bits per heavy atom. The fourth-order valence-electron chi connectivity index (χ4n) is 4.32. The second-order valence-electron chi connectivity index (χ2n) is 7.89. The standard InChI is InChI=1S/C22H27N3O2S/c1-17-10-12-22(13-11-17)28(26,27)24-23-19-14-20-8-5-9-21(15-19)25(20)16-18-6-3-2-4-7-18/h2-4,6-7,10-13,20-21,24H,5,8-9,14-16H2,1H3/t20-,21+. The monoisotopic (exact) mass is 397 g/mol. The molecule has 2 aromatic carbocycles. The maximum absolute atomic E-state index is 12.5. The molecule has 0 spiro atoms. The van der Waals surface area contributed by atoms with Gasteiger partial charge in [0.25, 0.3) is 10.0 Å². The molecule has 2 atom stereocenters. The molecule has 0 unspecified atom stereocenters. The van der Waals surface area contributed by atoms with E-state index in [0.717, 1.165) is 43.5 Å². The van der Waals surface area contributed by atoms with E-state index in [0.29, 0.717) is 12.1 Å². The summed E-state index contributed by atoms with van der Waals surface area (Å²) in [6, 6.07) is 18.3. The van der Waals surface area contributed by atoms with Crippen molar-refractivity contribution in [3.05, 3.63) is 65.7 Å². The van der Waals surface area contributed by atoms with Gasteiger partial charge >= 0.3 is 0 Å². The summed E-state index contributed by atoms with van der Waals surface area (Å²) in [7, 11) is -3.61. The summed E-state index contributed by atoms with van der Waals surface area (Å²) in [5.74, 6) is 0. The van der Waals surface area contributed by atoms with Crippen molar-refractivity contribution in [2.75, 3.05) is 0 Å². The highest BCUT2D eigenvalue weighted by Crippen LogP contribution is 2.34. The molecule has 2 aliphatic rings. The van der Waals surface area contributed by atoms with Crippen molar-refractivity contribution in [1.82, 2.24) is 9.73 Å². The maximum atomic E-state index is 12.5. The Hall–Kier alpha value is -2.18. The van der Waals surface area contributed by atoms with Gasteiger partial charge in [0.1, 0.15) is 0 Å². The molecule has 2 fully saturated rings. The molecule has 0 amide bonds. The minimum atomic E-state index is -3.61. The zero-order valence-corrected chi connectivity index (χ0v) is 17.0. The Bertz CT molecular complexity index is 924. The van der Waals surface area contributed by atoms with E-state index < -0.39 is 10.0 Å². The summed E-state index contributed by atoms with van der Waals surface area (Å²) in [6.45, 7) is 2.89. The third-order valence-electron chi connectivity index (χ3n) is 5.82. The Kier molecular flexibility index (Phi) is 5.51. The van der Waals surface area contributed by atoms with Gasteiger partial charge in [0, 0.05) is 37.2 Å². The summed E-state index contributed by atoms with van der Waals surface area (Å²) < 4.78 is 25.0. The van der Waals surface area contributed by atoms with Crippen molar-refractivity contribution in [3.63, 3.8) is 0 Å². The van der Waals surface area contributed by atoms with Gasteiger partial charge in [0.15, 0.2) is 0 Å². The molecule has 0 radical (unpaired) electrons. The molecule has 2 aromatic rings. The number of hydrogen-bond acceptors (Lipinski definition) is 4.